The van der Waals surface area contributed by atoms with E-state index in [9.17, 15) is 13.2 Å². The summed E-state index contributed by atoms with van der Waals surface area (Å²) in [7, 11) is -3.54. The van der Waals surface area contributed by atoms with E-state index in [0.29, 0.717) is 12.2 Å². The van der Waals surface area contributed by atoms with Gasteiger partial charge in [-0.3, -0.25) is 4.79 Å². The summed E-state index contributed by atoms with van der Waals surface area (Å²) in [6, 6.07) is 0. The van der Waals surface area contributed by atoms with Crippen molar-refractivity contribution in [2.45, 2.75) is 37.3 Å². The van der Waals surface area contributed by atoms with Gasteiger partial charge in [0.1, 0.15) is 0 Å². The average Bonchev–Trinajstić information content (AvgIpc) is 2.53. The topological polar surface area (TPSA) is 79.0 Å². The van der Waals surface area contributed by atoms with Crippen LogP contribution in [0.1, 0.15) is 31.9 Å². The maximum absolute atomic E-state index is 12.0. The lowest BCUT2D eigenvalue weighted by Gasteiger charge is -2.38. The zero-order chi connectivity index (χ0) is 12.7. The molecule has 1 aromatic heterocycles. The van der Waals surface area contributed by atoms with Gasteiger partial charge in [0.05, 0.1) is 0 Å². The molecule has 0 amide bonds. The van der Waals surface area contributed by atoms with Crippen molar-refractivity contribution in [3.63, 3.8) is 0 Å². The van der Waals surface area contributed by atoms with Gasteiger partial charge in [-0.05, 0) is 25.2 Å². The molecule has 0 saturated heterocycles. The summed E-state index contributed by atoms with van der Waals surface area (Å²) in [4.78, 5) is 13.2. The van der Waals surface area contributed by atoms with Gasteiger partial charge in [0.25, 0.3) is 10.0 Å². The molecule has 1 aliphatic carbocycles. The molecule has 17 heavy (non-hydrogen) atoms. The van der Waals surface area contributed by atoms with Crippen molar-refractivity contribution in [3.05, 3.63) is 15.4 Å². The monoisotopic (exact) mass is 276 g/mol. The number of H-pyrrole nitrogens is 1. The van der Waals surface area contributed by atoms with E-state index in [4.69, 9.17) is 0 Å². The fourth-order valence-corrected chi connectivity index (χ4v) is 4.48. The zero-order valence-electron chi connectivity index (χ0n) is 9.87. The van der Waals surface area contributed by atoms with Crippen LogP contribution in [0, 0.1) is 12.3 Å². The fraction of sp³-hybridized carbons (Fsp3) is 0.700. The molecule has 1 fully saturated rings. The Hall–Kier alpha value is -0.660. The van der Waals surface area contributed by atoms with Crippen molar-refractivity contribution in [3.8, 4) is 0 Å². The lowest BCUT2D eigenvalue weighted by Crippen LogP contribution is -2.39. The van der Waals surface area contributed by atoms with E-state index in [-0.39, 0.29) is 14.5 Å². The van der Waals surface area contributed by atoms with Crippen molar-refractivity contribution in [2.75, 3.05) is 6.54 Å². The number of thiazole rings is 1. The van der Waals surface area contributed by atoms with Gasteiger partial charge in [0.15, 0.2) is 4.21 Å². The molecule has 1 aliphatic rings. The van der Waals surface area contributed by atoms with Gasteiger partial charge in [0, 0.05) is 12.2 Å². The summed E-state index contributed by atoms with van der Waals surface area (Å²) < 4.78 is 26.7. The molecule has 7 heteroatoms. The first-order valence-electron chi connectivity index (χ1n) is 5.52. The quantitative estimate of drug-likeness (QED) is 0.867. The Labute approximate surface area is 104 Å². The molecule has 0 spiro atoms. The van der Waals surface area contributed by atoms with Gasteiger partial charge in [-0.1, -0.05) is 24.7 Å². The van der Waals surface area contributed by atoms with Crippen molar-refractivity contribution in [1.82, 2.24) is 9.71 Å². The molecule has 0 radical (unpaired) electrons. The van der Waals surface area contributed by atoms with E-state index >= 15 is 0 Å². The third-order valence-electron chi connectivity index (χ3n) is 3.27. The maximum atomic E-state index is 12.0. The Bertz CT molecular complexity index is 567. The third kappa shape index (κ3) is 2.61. The first-order valence-corrected chi connectivity index (χ1v) is 7.82. The van der Waals surface area contributed by atoms with Crippen LogP contribution in [0.5, 0.6) is 0 Å². The Morgan fingerprint density at radius 1 is 1.47 bits per heavy atom. The highest BCUT2D eigenvalue weighted by molar-refractivity contribution is 7.91. The minimum absolute atomic E-state index is 0.0856. The summed E-state index contributed by atoms with van der Waals surface area (Å²) in [5.41, 5.74) is 0.494. The van der Waals surface area contributed by atoms with Crippen LogP contribution in [0.2, 0.25) is 0 Å². The number of aromatic amines is 1. The average molecular weight is 276 g/mol. The van der Waals surface area contributed by atoms with Gasteiger partial charge in [-0.2, -0.15) is 0 Å². The molecule has 2 N–H and O–H groups in total. The first-order chi connectivity index (χ1) is 7.82. The van der Waals surface area contributed by atoms with E-state index in [1.807, 2.05) is 0 Å². The molecule has 0 aromatic carbocycles. The van der Waals surface area contributed by atoms with Crippen LogP contribution < -0.4 is 9.60 Å². The molecule has 1 heterocycles. The van der Waals surface area contributed by atoms with E-state index in [1.165, 1.54) is 0 Å². The number of hydrogen-bond donors (Lipinski definition) is 2. The van der Waals surface area contributed by atoms with E-state index in [2.05, 4.69) is 16.6 Å². The highest BCUT2D eigenvalue weighted by atomic mass is 32.2. The number of aromatic nitrogens is 1. The molecule has 1 aromatic rings. The van der Waals surface area contributed by atoms with Crippen molar-refractivity contribution >= 4 is 21.4 Å². The van der Waals surface area contributed by atoms with Crippen molar-refractivity contribution < 1.29 is 8.42 Å². The predicted molar refractivity (Wildman–Crippen MR) is 66.8 cm³/mol. The molecule has 0 unspecified atom stereocenters. The van der Waals surface area contributed by atoms with Gasteiger partial charge in [-0.25, -0.2) is 13.1 Å². The van der Waals surface area contributed by atoms with Crippen LogP contribution in [-0.4, -0.2) is 19.9 Å². The van der Waals surface area contributed by atoms with Crippen LogP contribution in [-0.2, 0) is 10.0 Å². The second-order valence-corrected chi connectivity index (χ2v) is 7.86. The van der Waals surface area contributed by atoms with E-state index in [1.54, 1.807) is 6.92 Å². The maximum Gasteiger partial charge on any atom is 0.305 e. The van der Waals surface area contributed by atoms with Crippen LogP contribution in [0.3, 0.4) is 0 Å². The third-order valence-corrected chi connectivity index (χ3v) is 6.28. The molecule has 1 saturated carbocycles. The minimum atomic E-state index is -3.54. The van der Waals surface area contributed by atoms with Crippen LogP contribution >= 0.6 is 11.3 Å². The highest BCUT2D eigenvalue weighted by Gasteiger charge is 2.33. The standard InChI is InChI=1S/C10H16N2O3S2/c1-7-8(16-9(13)12-7)17(14,15)11-6-10(2)4-3-5-10/h11H,3-6H2,1-2H3,(H,12,13). The zero-order valence-corrected chi connectivity index (χ0v) is 11.5. The summed E-state index contributed by atoms with van der Waals surface area (Å²) >= 11 is 0.736. The Morgan fingerprint density at radius 2 is 2.12 bits per heavy atom. The van der Waals surface area contributed by atoms with Crippen LogP contribution in [0.25, 0.3) is 0 Å². The second-order valence-electron chi connectivity index (χ2n) is 4.92. The lowest BCUT2D eigenvalue weighted by atomic mass is 9.71. The Balaban J connectivity index is 2.14. The van der Waals surface area contributed by atoms with Gasteiger partial charge >= 0.3 is 4.87 Å². The first kappa shape index (κ1) is 12.8. The Morgan fingerprint density at radius 3 is 2.53 bits per heavy atom. The molecular weight excluding hydrogens is 260 g/mol. The van der Waals surface area contributed by atoms with E-state index in [0.717, 1.165) is 30.6 Å². The SMILES string of the molecule is Cc1[nH]c(=O)sc1S(=O)(=O)NCC1(C)CCC1. The highest BCUT2D eigenvalue weighted by Crippen LogP contribution is 2.39. The molecule has 0 aliphatic heterocycles. The number of hydrogen-bond acceptors (Lipinski definition) is 4. The molecule has 2 rings (SSSR count). The van der Waals surface area contributed by atoms with Crippen LogP contribution in [0.15, 0.2) is 9.00 Å². The molecule has 96 valence electrons. The fourth-order valence-electron chi connectivity index (χ4n) is 1.94. The largest absolute Gasteiger partial charge is 0.315 e. The lowest BCUT2D eigenvalue weighted by molar-refractivity contribution is 0.166. The molecular formula is C10H16N2O3S2. The second kappa shape index (κ2) is 4.22. The van der Waals surface area contributed by atoms with Crippen molar-refractivity contribution in [1.29, 1.82) is 0 Å². The van der Waals surface area contributed by atoms with Gasteiger partial charge in [0.2, 0.25) is 0 Å². The number of rotatable bonds is 4. The van der Waals surface area contributed by atoms with Gasteiger partial charge in [-0.15, -0.1) is 0 Å². The number of aryl methyl sites for hydroxylation is 1. The molecule has 5 nitrogen and oxygen atoms in total. The summed E-state index contributed by atoms with van der Waals surface area (Å²) in [6.07, 6.45) is 3.27. The predicted octanol–water partition coefficient (Wildman–Crippen LogP) is 1.21. The number of sulfonamides is 1. The summed E-state index contributed by atoms with van der Waals surface area (Å²) in [5, 5.41) is 0. The number of nitrogens with one attached hydrogen (secondary N) is 2. The molecule has 0 bridgehead atoms. The van der Waals surface area contributed by atoms with Crippen LogP contribution in [0.4, 0.5) is 0 Å². The normalized spacial score (nSPS) is 18.9. The Kier molecular flexibility index (Phi) is 3.17. The van der Waals surface area contributed by atoms with E-state index < -0.39 is 10.0 Å². The summed E-state index contributed by atoms with van der Waals surface area (Å²) in [6.45, 7) is 4.11. The summed E-state index contributed by atoms with van der Waals surface area (Å²) in [5.74, 6) is 0. The van der Waals surface area contributed by atoms with Crippen molar-refractivity contribution in [2.24, 2.45) is 5.41 Å². The molecule has 0 atom stereocenters. The van der Waals surface area contributed by atoms with Gasteiger partial charge < -0.3 is 4.98 Å². The minimum Gasteiger partial charge on any atom is -0.315 e. The smallest absolute Gasteiger partial charge is 0.305 e.